The molecule has 1 rings (SSSR count). The molecule has 1 aliphatic rings. The highest BCUT2D eigenvalue weighted by atomic mass is 14.0. The van der Waals surface area contributed by atoms with Crippen LogP contribution in [0.25, 0.3) is 0 Å². The van der Waals surface area contributed by atoms with Crippen molar-refractivity contribution in [3.05, 3.63) is 23.8 Å². The van der Waals surface area contributed by atoms with Crippen molar-refractivity contribution < 1.29 is 0 Å². The summed E-state index contributed by atoms with van der Waals surface area (Å²) in [5, 5.41) is 0. The van der Waals surface area contributed by atoms with Crippen LogP contribution in [0.1, 0.15) is 103 Å². The van der Waals surface area contributed by atoms with Gasteiger partial charge in [0.25, 0.3) is 0 Å². The number of unbranched alkanes of at least 4 members (excludes halogenated alkanes) is 12. The monoisotopic (exact) mass is 276 g/mol. The Bertz CT molecular complexity index is 259. The number of allylic oxidation sites excluding steroid dienone is 4. The van der Waals surface area contributed by atoms with Crippen molar-refractivity contribution in [2.24, 2.45) is 0 Å². The van der Waals surface area contributed by atoms with E-state index in [0.29, 0.717) is 0 Å². The van der Waals surface area contributed by atoms with Gasteiger partial charge in [-0.25, -0.2) is 0 Å². The van der Waals surface area contributed by atoms with E-state index in [0.717, 1.165) is 0 Å². The molecule has 20 heavy (non-hydrogen) atoms. The van der Waals surface area contributed by atoms with Crippen LogP contribution in [-0.4, -0.2) is 0 Å². The summed E-state index contributed by atoms with van der Waals surface area (Å²) in [6, 6.07) is 0. The zero-order valence-electron chi connectivity index (χ0n) is 13.8. The average Bonchev–Trinajstić information content (AvgIpc) is 2.97. The number of rotatable bonds is 14. The van der Waals surface area contributed by atoms with Gasteiger partial charge in [0.15, 0.2) is 0 Å². The van der Waals surface area contributed by atoms with Gasteiger partial charge in [-0.2, -0.15) is 0 Å². The van der Waals surface area contributed by atoms with Gasteiger partial charge in [0.05, 0.1) is 0 Å². The summed E-state index contributed by atoms with van der Waals surface area (Å²) in [5.41, 5.74) is 1.58. The molecule has 0 radical (unpaired) electrons. The topological polar surface area (TPSA) is 0 Å². The Kier molecular flexibility index (Phi) is 11.8. The average molecular weight is 277 g/mol. The molecule has 0 heterocycles. The van der Waals surface area contributed by atoms with Gasteiger partial charge in [0.1, 0.15) is 0 Å². The maximum atomic E-state index is 2.38. The van der Waals surface area contributed by atoms with Gasteiger partial charge in [-0.15, -0.1) is 0 Å². The summed E-state index contributed by atoms with van der Waals surface area (Å²) >= 11 is 0. The van der Waals surface area contributed by atoms with Crippen LogP contribution >= 0.6 is 0 Å². The Hall–Kier alpha value is -0.520. The van der Waals surface area contributed by atoms with E-state index in [1.807, 2.05) is 0 Å². The van der Waals surface area contributed by atoms with Gasteiger partial charge in [-0.05, 0) is 19.3 Å². The first kappa shape index (κ1) is 17.5. The highest BCUT2D eigenvalue weighted by molar-refractivity contribution is 5.25. The van der Waals surface area contributed by atoms with E-state index in [9.17, 15) is 0 Å². The van der Waals surface area contributed by atoms with E-state index >= 15 is 0 Å². The lowest BCUT2D eigenvalue weighted by Crippen LogP contribution is -1.83. The van der Waals surface area contributed by atoms with Gasteiger partial charge in [0.2, 0.25) is 0 Å². The molecule has 0 heteroatoms. The van der Waals surface area contributed by atoms with Crippen LogP contribution in [0.5, 0.6) is 0 Å². The Labute approximate surface area is 127 Å². The summed E-state index contributed by atoms with van der Waals surface area (Å²) in [4.78, 5) is 0. The van der Waals surface area contributed by atoms with E-state index < -0.39 is 0 Å². The molecule has 0 aromatic heterocycles. The van der Waals surface area contributed by atoms with E-state index in [1.54, 1.807) is 5.57 Å². The summed E-state index contributed by atoms with van der Waals surface area (Å²) in [7, 11) is 0. The smallest absolute Gasteiger partial charge is 0.0160 e. The maximum absolute atomic E-state index is 2.38. The van der Waals surface area contributed by atoms with Crippen molar-refractivity contribution in [3.8, 4) is 0 Å². The molecule has 0 saturated heterocycles. The first-order chi connectivity index (χ1) is 9.93. The second kappa shape index (κ2) is 13.5. The van der Waals surface area contributed by atoms with Crippen LogP contribution in [0.4, 0.5) is 0 Å². The molecule has 0 nitrogen and oxygen atoms in total. The van der Waals surface area contributed by atoms with Gasteiger partial charge >= 0.3 is 0 Å². The third kappa shape index (κ3) is 10.3. The first-order valence-electron chi connectivity index (χ1n) is 9.29. The van der Waals surface area contributed by atoms with E-state index in [-0.39, 0.29) is 0 Å². The summed E-state index contributed by atoms with van der Waals surface area (Å²) in [5.74, 6) is 0. The van der Waals surface area contributed by atoms with Crippen LogP contribution in [0.15, 0.2) is 23.8 Å². The molecule has 0 unspecified atom stereocenters. The molecule has 0 aliphatic heterocycles. The molecule has 0 spiro atoms. The standard InChI is InChI=1S/C20H36/c1-2-3-4-5-6-7-8-9-10-11-12-13-14-17-20-18-15-16-19-20/h15,18-19H,2-14,16-17H2,1H3. The first-order valence-corrected chi connectivity index (χ1v) is 9.29. The third-order valence-electron chi connectivity index (χ3n) is 4.42. The molecule has 1 aliphatic carbocycles. The molecule has 0 N–H and O–H groups in total. The largest absolute Gasteiger partial charge is 0.0805 e. The lowest BCUT2D eigenvalue weighted by Gasteiger charge is -2.03. The van der Waals surface area contributed by atoms with Crippen LogP contribution in [-0.2, 0) is 0 Å². The predicted octanol–water partition coefficient (Wildman–Crippen LogP) is 7.35. The number of hydrogen-bond acceptors (Lipinski definition) is 0. The van der Waals surface area contributed by atoms with Gasteiger partial charge < -0.3 is 0 Å². The molecule has 116 valence electrons. The molecule has 0 aromatic rings. The molecule has 0 saturated carbocycles. The Morgan fingerprint density at radius 2 is 1.20 bits per heavy atom. The van der Waals surface area contributed by atoms with Crippen LogP contribution in [0.3, 0.4) is 0 Å². The fraction of sp³-hybridized carbons (Fsp3) is 0.800. The molecule has 0 aromatic carbocycles. The van der Waals surface area contributed by atoms with Crippen molar-refractivity contribution in [1.29, 1.82) is 0 Å². The van der Waals surface area contributed by atoms with Crippen LogP contribution in [0, 0.1) is 0 Å². The van der Waals surface area contributed by atoms with Crippen molar-refractivity contribution in [1.82, 2.24) is 0 Å². The zero-order chi connectivity index (χ0) is 14.3. The highest BCUT2D eigenvalue weighted by Gasteiger charge is 1.98. The molecular weight excluding hydrogens is 240 g/mol. The quantitative estimate of drug-likeness (QED) is 0.291. The van der Waals surface area contributed by atoms with Gasteiger partial charge in [0, 0.05) is 0 Å². The molecular formula is C20H36. The zero-order valence-corrected chi connectivity index (χ0v) is 13.8. The lowest BCUT2D eigenvalue weighted by atomic mass is 10.0. The number of hydrogen-bond donors (Lipinski definition) is 0. The molecule has 0 fully saturated rings. The van der Waals surface area contributed by atoms with Crippen molar-refractivity contribution in [3.63, 3.8) is 0 Å². The van der Waals surface area contributed by atoms with Crippen molar-refractivity contribution in [2.75, 3.05) is 0 Å². The fourth-order valence-corrected chi connectivity index (χ4v) is 3.04. The molecule has 0 bridgehead atoms. The predicted molar refractivity (Wildman–Crippen MR) is 92.2 cm³/mol. The fourth-order valence-electron chi connectivity index (χ4n) is 3.04. The summed E-state index contributed by atoms with van der Waals surface area (Å²) in [6.07, 6.45) is 28.3. The third-order valence-corrected chi connectivity index (χ3v) is 4.42. The highest BCUT2D eigenvalue weighted by Crippen LogP contribution is 2.17. The minimum absolute atomic E-state index is 1.17. The van der Waals surface area contributed by atoms with Gasteiger partial charge in [-0.1, -0.05) is 108 Å². The summed E-state index contributed by atoms with van der Waals surface area (Å²) < 4.78 is 0. The lowest BCUT2D eigenvalue weighted by molar-refractivity contribution is 0.539. The normalized spacial score (nSPS) is 13.9. The minimum atomic E-state index is 1.17. The summed E-state index contributed by atoms with van der Waals surface area (Å²) in [6.45, 7) is 2.29. The maximum Gasteiger partial charge on any atom is -0.0160 e. The minimum Gasteiger partial charge on any atom is -0.0805 e. The SMILES string of the molecule is CCCCCCCCCCCCCCCC1=CCC=C1. The van der Waals surface area contributed by atoms with Crippen molar-refractivity contribution in [2.45, 2.75) is 103 Å². The Balaban J connectivity index is 1.69. The second-order valence-corrected chi connectivity index (χ2v) is 6.41. The molecule has 0 amide bonds. The van der Waals surface area contributed by atoms with Crippen LogP contribution < -0.4 is 0 Å². The van der Waals surface area contributed by atoms with E-state index in [1.165, 1.54) is 96.3 Å². The van der Waals surface area contributed by atoms with Gasteiger partial charge in [-0.3, -0.25) is 0 Å². The molecule has 0 atom stereocenters. The van der Waals surface area contributed by atoms with E-state index in [4.69, 9.17) is 0 Å². The Morgan fingerprint density at radius 3 is 1.65 bits per heavy atom. The second-order valence-electron chi connectivity index (χ2n) is 6.41. The van der Waals surface area contributed by atoms with Crippen LogP contribution in [0.2, 0.25) is 0 Å². The van der Waals surface area contributed by atoms with E-state index in [2.05, 4.69) is 25.2 Å². The Morgan fingerprint density at radius 1 is 0.700 bits per heavy atom. The van der Waals surface area contributed by atoms with Crippen molar-refractivity contribution >= 4 is 0 Å².